The van der Waals surface area contributed by atoms with Crippen molar-refractivity contribution in [1.82, 2.24) is 0 Å². The van der Waals surface area contributed by atoms with E-state index in [0.29, 0.717) is 0 Å². The van der Waals surface area contributed by atoms with E-state index < -0.39 is 0 Å². The molecule has 26 heavy (non-hydrogen) atoms. The van der Waals surface area contributed by atoms with Gasteiger partial charge >= 0.3 is 0 Å². The summed E-state index contributed by atoms with van der Waals surface area (Å²) in [6.45, 7) is 15.6. The van der Waals surface area contributed by atoms with Crippen molar-refractivity contribution in [2.24, 2.45) is 0 Å². The summed E-state index contributed by atoms with van der Waals surface area (Å²) in [5.74, 6) is 0. The van der Waals surface area contributed by atoms with Crippen molar-refractivity contribution >= 4 is 0 Å². The quantitative estimate of drug-likeness (QED) is 0.228. The first-order valence-corrected chi connectivity index (χ1v) is 10.6. The largest absolute Gasteiger partial charge is 0.0856 e. The SMILES string of the molecule is CC/C(C)=C/CCC(C)=CCC/C=C(\C)CCC=C(C)CCC=C(C)C. The van der Waals surface area contributed by atoms with Gasteiger partial charge in [-0.3, -0.25) is 0 Å². The van der Waals surface area contributed by atoms with E-state index in [9.17, 15) is 0 Å². The average molecular weight is 357 g/mol. The number of hydrogen-bond acceptors (Lipinski definition) is 0. The van der Waals surface area contributed by atoms with Crippen LogP contribution < -0.4 is 0 Å². The summed E-state index contributed by atoms with van der Waals surface area (Å²) in [6, 6.07) is 0. The zero-order chi connectivity index (χ0) is 19.8. The van der Waals surface area contributed by atoms with E-state index in [1.165, 1.54) is 85.7 Å². The van der Waals surface area contributed by atoms with Crippen LogP contribution in [0.4, 0.5) is 0 Å². The molecule has 0 aliphatic heterocycles. The number of rotatable bonds is 13. The maximum absolute atomic E-state index is 2.43. The zero-order valence-corrected chi connectivity index (χ0v) is 18.8. The Balaban J connectivity index is 4.00. The first kappa shape index (κ1) is 24.7. The Labute approximate surface area is 164 Å². The van der Waals surface area contributed by atoms with Crippen LogP contribution in [0.25, 0.3) is 0 Å². The molecule has 0 aromatic heterocycles. The minimum atomic E-state index is 1.18. The summed E-state index contributed by atoms with van der Waals surface area (Å²) in [6.07, 6.45) is 22.7. The van der Waals surface area contributed by atoms with Gasteiger partial charge in [0.1, 0.15) is 0 Å². The molecule has 0 fully saturated rings. The molecule has 0 bridgehead atoms. The molecule has 148 valence electrons. The van der Waals surface area contributed by atoms with Crippen molar-refractivity contribution in [3.05, 3.63) is 58.2 Å². The lowest BCUT2D eigenvalue weighted by Gasteiger charge is -2.02. The van der Waals surface area contributed by atoms with E-state index in [1.807, 2.05) is 0 Å². The summed E-state index contributed by atoms with van der Waals surface area (Å²) in [5.41, 5.74) is 7.53. The Bertz CT molecular complexity index is 516. The van der Waals surface area contributed by atoms with Crippen LogP contribution in [0.1, 0.15) is 106 Å². The summed E-state index contributed by atoms with van der Waals surface area (Å²) < 4.78 is 0. The zero-order valence-electron chi connectivity index (χ0n) is 18.8. The molecular formula is C26H44. The van der Waals surface area contributed by atoms with Crippen molar-refractivity contribution in [1.29, 1.82) is 0 Å². The third-order valence-corrected chi connectivity index (χ3v) is 4.86. The van der Waals surface area contributed by atoms with Crippen LogP contribution in [0.15, 0.2) is 58.2 Å². The fourth-order valence-electron chi connectivity index (χ4n) is 2.79. The van der Waals surface area contributed by atoms with Crippen LogP contribution in [-0.4, -0.2) is 0 Å². The van der Waals surface area contributed by atoms with Gasteiger partial charge in [0.15, 0.2) is 0 Å². The summed E-state index contributed by atoms with van der Waals surface area (Å²) >= 11 is 0. The fraction of sp³-hybridized carbons (Fsp3) is 0.615. The molecule has 0 aromatic rings. The molecule has 0 heterocycles. The molecule has 0 radical (unpaired) electrons. The molecule has 0 saturated heterocycles. The predicted molar refractivity (Wildman–Crippen MR) is 122 cm³/mol. The summed E-state index contributed by atoms with van der Waals surface area (Å²) in [7, 11) is 0. The van der Waals surface area contributed by atoms with Gasteiger partial charge in [0.05, 0.1) is 0 Å². The maximum Gasteiger partial charge on any atom is -0.0288 e. The molecule has 0 rings (SSSR count). The van der Waals surface area contributed by atoms with Crippen molar-refractivity contribution in [3.63, 3.8) is 0 Å². The maximum atomic E-state index is 2.43. The normalized spacial score (nSPS) is 14.0. The topological polar surface area (TPSA) is 0 Å². The van der Waals surface area contributed by atoms with E-state index in [0.717, 1.165) is 0 Å². The van der Waals surface area contributed by atoms with Gasteiger partial charge in [-0.2, -0.15) is 0 Å². The first-order valence-electron chi connectivity index (χ1n) is 10.6. The Kier molecular flexibility index (Phi) is 15.1. The average Bonchev–Trinajstić information content (AvgIpc) is 2.58. The van der Waals surface area contributed by atoms with Crippen molar-refractivity contribution in [3.8, 4) is 0 Å². The van der Waals surface area contributed by atoms with Gasteiger partial charge in [-0.05, 0) is 99.3 Å². The molecule has 0 aromatic carbocycles. The monoisotopic (exact) mass is 356 g/mol. The number of unbranched alkanes of at least 4 members (excludes halogenated alkanes) is 1. The summed E-state index contributed by atoms with van der Waals surface area (Å²) in [4.78, 5) is 0. The van der Waals surface area contributed by atoms with Gasteiger partial charge in [-0.15, -0.1) is 0 Å². The lowest BCUT2D eigenvalue weighted by Crippen LogP contribution is -1.82. The minimum absolute atomic E-state index is 1.18. The van der Waals surface area contributed by atoms with Crippen LogP contribution in [0.2, 0.25) is 0 Å². The van der Waals surface area contributed by atoms with Gasteiger partial charge in [0.2, 0.25) is 0 Å². The molecule has 0 aliphatic carbocycles. The van der Waals surface area contributed by atoms with Crippen LogP contribution in [-0.2, 0) is 0 Å². The lowest BCUT2D eigenvalue weighted by atomic mass is 10.0. The van der Waals surface area contributed by atoms with Crippen LogP contribution in [0, 0.1) is 0 Å². The molecule has 0 aliphatic rings. The molecule has 0 saturated carbocycles. The third kappa shape index (κ3) is 16.2. The Morgan fingerprint density at radius 3 is 1.19 bits per heavy atom. The Hall–Kier alpha value is -1.30. The van der Waals surface area contributed by atoms with E-state index >= 15 is 0 Å². The van der Waals surface area contributed by atoms with E-state index in [-0.39, 0.29) is 0 Å². The summed E-state index contributed by atoms with van der Waals surface area (Å²) in [5, 5.41) is 0. The molecule has 0 unspecified atom stereocenters. The lowest BCUT2D eigenvalue weighted by molar-refractivity contribution is 0.900. The van der Waals surface area contributed by atoms with Crippen molar-refractivity contribution < 1.29 is 0 Å². The van der Waals surface area contributed by atoms with E-state index in [2.05, 4.69) is 78.8 Å². The van der Waals surface area contributed by atoms with Gasteiger partial charge in [-0.1, -0.05) is 65.2 Å². The Morgan fingerprint density at radius 2 is 0.808 bits per heavy atom. The van der Waals surface area contributed by atoms with E-state index in [1.54, 1.807) is 0 Å². The fourth-order valence-corrected chi connectivity index (χ4v) is 2.79. The van der Waals surface area contributed by atoms with Crippen LogP contribution in [0.5, 0.6) is 0 Å². The second kappa shape index (κ2) is 15.9. The van der Waals surface area contributed by atoms with E-state index in [4.69, 9.17) is 0 Å². The molecule has 0 heteroatoms. The number of allylic oxidation sites excluding steroid dienone is 10. The molecule has 0 atom stereocenters. The highest BCUT2D eigenvalue weighted by Crippen LogP contribution is 2.13. The second-order valence-corrected chi connectivity index (χ2v) is 8.03. The van der Waals surface area contributed by atoms with Crippen molar-refractivity contribution in [2.45, 2.75) is 106 Å². The van der Waals surface area contributed by atoms with Crippen LogP contribution in [0.3, 0.4) is 0 Å². The first-order chi connectivity index (χ1) is 12.3. The Morgan fingerprint density at radius 1 is 0.462 bits per heavy atom. The molecule has 0 amide bonds. The molecule has 0 N–H and O–H groups in total. The number of hydrogen-bond donors (Lipinski definition) is 0. The molecular weight excluding hydrogens is 312 g/mol. The highest BCUT2D eigenvalue weighted by Gasteiger charge is 1.93. The van der Waals surface area contributed by atoms with Crippen molar-refractivity contribution in [2.75, 3.05) is 0 Å². The second-order valence-electron chi connectivity index (χ2n) is 8.03. The van der Waals surface area contributed by atoms with Gasteiger partial charge in [-0.25, -0.2) is 0 Å². The van der Waals surface area contributed by atoms with Gasteiger partial charge in [0.25, 0.3) is 0 Å². The minimum Gasteiger partial charge on any atom is -0.0856 e. The third-order valence-electron chi connectivity index (χ3n) is 4.86. The highest BCUT2D eigenvalue weighted by molar-refractivity contribution is 5.07. The molecule has 0 spiro atoms. The van der Waals surface area contributed by atoms with Gasteiger partial charge < -0.3 is 0 Å². The standard InChI is InChI=1S/C26H44/c1-8-23(4)17-12-19-24(5)15-9-10-16-25(6)20-13-21-26(7)18-11-14-22(2)3/h14-17,21H,8-13,18-20H2,1-7H3/b23-17+,24-15?,25-16+,26-21?. The smallest absolute Gasteiger partial charge is 0.0288 e. The van der Waals surface area contributed by atoms with Crippen LogP contribution >= 0.6 is 0 Å². The van der Waals surface area contributed by atoms with Gasteiger partial charge in [0, 0.05) is 0 Å². The predicted octanol–water partition coefficient (Wildman–Crippen LogP) is 9.27. The molecule has 0 nitrogen and oxygen atoms in total. The highest BCUT2D eigenvalue weighted by atomic mass is 14.0.